The lowest BCUT2D eigenvalue weighted by Crippen LogP contribution is -2.50. The Hall–Kier alpha value is -0.180. The van der Waals surface area contributed by atoms with Gasteiger partial charge < -0.3 is 5.32 Å². The maximum atomic E-state index is 12.9. The van der Waals surface area contributed by atoms with Gasteiger partial charge in [0.15, 0.2) is 0 Å². The standard InChI is InChI=1S/C13H26N2O4S2/c1-2-9-15(12-3-7-14-8-4-12)21(18,19)13-5-10-20(16,17)11-6-13/h12-14H,2-11H2,1H3. The van der Waals surface area contributed by atoms with Crippen molar-refractivity contribution in [2.45, 2.75) is 50.3 Å². The predicted octanol–water partition coefficient (Wildman–Crippen LogP) is 0.357. The molecule has 0 atom stereocenters. The molecule has 0 radical (unpaired) electrons. The molecule has 0 aliphatic carbocycles. The van der Waals surface area contributed by atoms with Crippen LogP contribution in [0.25, 0.3) is 0 Å². The Labute approximate surface area is 128 Å². The van der Waals surface area contributed by atoms with Crippen molar-refractivity contribution in [1.29, 1.82) is 0 Å². The van der Waals surface area contributed by atoms with Gasteiger partial charge >= 0.3 is 0 Å². The van der Waals surface area contributed by atoms with E-state index in [9.17, 15) is 16.8 Å². The number of nitrogens with one attached hydrogen (secondary N) is 1. The largest absolute Gasteiger partial charge is 0.317 e. The fourth-order valence-electron chi connectivity index (χ4n) is 3.19. The quantitative estimate of drug-likeness (QED) is 0.782. The van der Waals surface area contributed by atoms with E-state index >= 15 is 0 Å². The smallest absolute Gasteiger partial charge is 0.217 e. The van der Waals surface area contributed by atoms with Gasteiger partial charge in [-0.3, -0.25) is 0 Å². The van der Waals surface area contributed by atoms with Crippen molar-refractivity contribution in [3.05, 3.63) is 0 Å². The maximum Gasteiger partial charge on any atom is 0.217 e. The number of sulfonamides is 1. The molecule has 0 aromatic carbocycles. The molecular formula is C13H26N2O4S2. The number of hydrogen-bond acceptors (Lipinski definition) is 5. The molecule has 0 aromatic rings. The van der Waals surface area contributed by atoms with E-state index in [1.807, 2.05) is 6.92 Å². The fraction of sp³-hybridized carbons (Fsp3) is 1.00. The second kappa shape index (κ2) is 6.93. The molecule has 0 unspecified atom stereocenters. The van der Waals surface area contributed by atoms with Crippen molar-refractivity contribution in [3.8, 4) is 0 Å². The van der Waals surface area contributed by atoms with Crippen LogP contribution in [0.3, 0.4) is 0 Å². The number of rotatable bonds is 5. The SMILES string of the molecule is CCCN(C1CCNCC1)S(=O)(=O)C1CCS(=O)(=O)CC1. The Morgan fingerprint density at radius 3 is 2.19 bits per heavy atom. The molecule has 1 N–H and O–H groups in total. The third-order valence-electron chi connectivity index (χ3n) is 4.41. The molecule has 2 aliphatic rings. The molecule has 2 rings (SSSR count). The monoisotopic (exact) mass is 338 g/mol. The van der Waals surface area contributed by atoms with Crippen LogP contribution in [0, 0.1) is 0 Å². The van der Waals surface area contributed by atoms with Crippen LogP contribution < -0.4 is 5.32 Å². The van der Waals surface area contributed by atoms with Crippen LogP contribution in [0.4, 0.5) is 0 Å². The third kappa shape index (κ3) is 4.18. The van der Waals surface area contributed by atoms with Crippen LogP contribution in [0.5, 0.6) is 0 Å². The van der Waals surface area contributed by atoms with E-state index in [-0.39, 0.29) is 30.4 Å². The predicted molar refractivity (Wildman–Crippen MR) is 83.5 cm³/mol. The second-order valence-electron chi connectivity index (χ2n) is 5.99. The summed E-state index contributed by atoms with van der Waals surface area (Å²) in [6.07, 6.45) is 2.95. The van der Waals surface area contributed by atoms with Gasteiger partial charge in [0.25, 0.3) is 0 Å². The average molecular weight is 338 g/mol. The van der Waals surface area contributed by atoms with Crippen molar-refractivity contribution in [2.24, 2.45) is 0 Å². The fourth-order valence-corrected chi connectivity index (χ4v) is 7.26. The van der Waals surface area contributed by atoms with E-state index < -0.39 is 25.1 Å². The first-order chi connectivity index (χ1) is 9.87. The van der Waals surface area contributed by atoms with Crippen molar-refractivity contribution in [2.75, 3.05) is 31.1 Å². The Balaban J connectivity index is 2.13. The molecule has 0 amide bonds. The van der Waals surface area contributed by atoms with Crippen LogP contribution in [0.1, 0.15) is 39.0 Å². The number of nitrogens with zero attached hydrogens (tertiary/aromatic N) is 1. The molecule has 0 bridgehead atoms. The van der Waals surface area contributed by atoms with Crippen molar-refractivity contribution in [3.63, 3.8) is 0 Å². The minimum atomic E-state index is -3.39. The Bertz CT molecular complexity index is 525. The van der Waals surface area contributed by atoms with Gasteiger partial charge in [0, 0.05) is 12.6 Å². The summed E-state index contributed by atoms with van der Waals surface area (Å²) in [6, 6.07) is 0.0646. The van der Waals surface area contributed by atoms with Gasteiger partial charge in [0.1, 0.15) is 9.84 Å². The van der Waals surface area contributed by atoms with Gasteiger partial charge in [0.05, 0.1) is 16.8 Å². The van der Waals surface area contributed by atoms with Crippen LogP contribution in [0.2, 0.25) is 0 Å². The Kier molecular flexibility index (Phi) is 5.67. The highest BCUT2D eigenvalue weighted by molar-refractivity contribution is 7.92. The first kappa shape index (κ1) is 17.2. The minimum Gasteiger partial charge on any atom is -0.317 e. The summed E-state index contributed by atoms with van der Waals surface area (Å²) in [4.78, 5) is 0. The Morgan fingerprint density at radius 1 is 1.10 bits per heavy atom. The highest BCUT2D eigenvalue weighted by Crippen LogP contribution is 2.26. The van der Waals surface area contributed by atoms with E-state index in [0.29, 0.717) is 6.54 Å². The lowest BCUT2D eigenvalue weighted by Gasteiger charge is -2.36. The molecule has 2 heterocycles. The normalized spacial score (nSPS) is 25.2. The van der Waals surface area contributed by atoms with Crippen LogP contribution in [-0.4, -0.2) is 63.6 Å². The number of sulfone groups is 1. The zero-order valence-corrected chi connectivity index (χ0v) is 14.3. The summed E-state index contributed by atoms with van der Waals surface area (Å²) in [5.74, 6) is 0.00612. The van der Waals surface area contributed by atoms with E-state index in [1.54, 1.807) is 4.31 Å². The van der Waals surface area contributed by atoms with Gasteiger partial charge in [-0.2, -0.15) is 4.31 Å². The zero-order chi connectivity index (χ0) is 15.5. The van der Waals surface area contributed by atoms with E-state index in [4.69, 9.17) is 0 Å². The molecule has 0 aromatic heterocycles. The summed E-state index contributed by atoms with van der Waals surface area (Å²) in [7, 11) is -6.43. The maximum absolute atomic E-state index is 12.9. The lowest BCUT2D eigenvalue weighted by molar-refractivity contribution is 0.259. The summed E-state index contributed by atoms with van der Waals surface area (Å²) in [5, 5.41) is 2.73. The number of piperidine rings is 1. The van der Waals surface area contributed by atoms with E-state index in [0.717, 1.165) is 32.4 Å². The molecule has 8 heteroatoms. The summed E-state index contributed by atoms with van der Waals surface area (Å²) in [6.45, 7) is 4.21. The average Bonchev–Trinajstić information content (AvgIpc) is 2.45. The lowest BCUT2D eigenvalue weighted by atomic mass is 10.1. The molecule has 21 heavy (non-hydrogen) atoms. The van der Waals surface area contributed by atoms with E-state index in [1.165, 1.54) is 0 Å². The molecule has 0 spiro atoms. The Morgan fingerprint density at radius 2 is 1.67 bits per heavy atom. The number of hydrogen-bond donors (Lipinski definition) is 1. The van der Waals surface area contributed by atoms with Gasteiger partial charge in [-0.05, 0) is 45.2 Å². The summed E-state index contributed by atoms with van der Waals surface area (Å²) < 4.78 is 50.5. The van der Waals surface area contributed by atoms with Crippen LogP contribution in [-0.2, 0) is 19.9 Å². The molecule has 6 nitrogen and oxygen atoms in total. The third-order valence-corrected chi connectivity index (χ3v) is 8.57. The first-order valence-corrected chi connectivity index (χ1v) is 11.1. The topological polar surface area (TPSA) is 83.6 Å². The van der Waals surface area contributed by atoms with Crippen molar-refractivity contribution >= 4 is 19.9 Å². The van der Waals surface area contributed by atoms with Gasteiger partial charge in [-0.25, -0.2) is 16.8 Å². The molecule has 2 fully saturated rings. The second-order valence-corrected chi connectivity index (χ2v) is 10.5. The molecular weight excluding hydrogens is 312 g/mol. The van der Waals surface area contributed by atoms with Crippen molar-refractivity contribution in [1.82, 2.24) is 9.62 Å². The molecule has 124 valence electrons. The minimum absolute atomic E-state index is 0.00306. The highest BCUT2D eigenvalue weighted by Gasteiger charge is 2.39. The molecule has 2 saturated heterocycles. The molecule has 0 saturated carbocycles. The van der Waals surface area contributed by atoms with Crippen LogP contribution >= 0.6 is 0 Å². The van der Waals surface area contributed by atoms with Crippen LogP contribution in [0.15, 0.2) is 0 Å². The van der Waals surface area contributed by atoms with Crippen molar-refractivity contribution < 1.29 is 16.8 Å². The highest BCUT2D eigenvalue weighted by atomic mass is 32.2. The zero-order valence-electron chi connectivity index (χ0n) is 12.6. The summed E-state index contributed by atoms with van der Waals surface area (Å²) in [5.41, 5.74) is 0. The first-order valence-electron chi connectivity index (χ1n) is 7.78. The molecule has 2 aliphatic heterocycles. The van der Waals surface area contributed by atoms with Gasteiger partial charge in [0.2, 0.25) is 10.0 Å². The summed E-state index contributed by atoms with van der Waals surface area (Å²) >= 11 is 0. The van der Waals surface area contributed by atoms with E-state index in [2.05, 4.69) is 5.32 Å². The van der Waals surface area contributed by atoms with Gasteiger partial charge in [-0.1, -0.05) is 6.92 Å². The van der Waals surface area contributed by atoms with Gasteiger partial charge in [-0.15, -0.1) is 0 Å².